The number of nitrogens with one attached hydrogen (secondary N) is 1. The van der Waals surface area contributed by atoms with Gasteiger partial charge in [0.1, 0.15) is 0 Å². The summed E-state index contributed by atoms with van der Waals surface area (Å²) in [6.07, 6.45) is 0. The molecular formula is C10H7Cl2NO3. The molecule has 1 amide bonds. The number of ether oxygens (including phenoxy) is 1. The summed E-state index contributed by atoms with van der Waals surface area (Å²) in [6, 6.07) is 4.65. The summed E-state index contributed by atoms with van der Waals surface area (Å²) in [4.78, 5) is 21.4. The number of rotatable bonds is 1. The first-order valence-corrected chi connectivity index (χ1v) is 5.14. The molecule has 1 aliphatic rings. The van der Waals surface area contributed by atoms with E-state index in [1.807, 2.05) is 0 Å². The number of hydrogen-bond donors (Lipinski definition) is 1. The molecule has 6 heteroatoms. The van der Waals surface area contributed by atoms with Crippen molar-refractivity contribution in [3.05, 3.63) is 28.8 Å². The third-order valence-corrected chi connectivity index (χ3v) is 3.15. The van der Waals surface area contributed by atoms with Gasteiger partial charge in [-0.05, 0) is 18.2 Å². The van der Waals surface area contributed by atoms with Gasteiger partial charge in [0.2, 0.25) is 4.87 Å². The van der Waals surface area contributed by atoms with E-state index in [1.165, 1.54) is 13.2 Å². The van der Waals surface area contributed by atoms with Crippen LogP contribution in [0.2, 0.25) is 5.02 Å². The first kappa shape index (κ1) is 11.2. The molecule has 2 rings (SSSR count). The average Bonchev–Trinajstić information content (AvgIpc) is 2.52. The van der Waals surface area contributed by atoms with Crippen LogP contribution >= 0.6 is 23.2 Å². The van der Waals surface area contributed by atoms with E-state index < -0.39 is 16.8 Å². The van der Waals surface area contributed by atoms with Crippen LogP contribution in [0.15, 0.2) is 18.2 Å². The van der Waals surface area contributed by atoms with Crippen molar-refractivity contribution < 1.29 is 14.3 Å². The summed E-state index contributed by atoms with van der Waals surface area (Å²) in [7, 11) is 1.17. The lowest BCUT2D eigenvalue weighted by molar-refractivity contribution is -0.146. The first-order chi connectivity index (χ1) is 7.50. The molecule has 0 spiro atoms. The quantitative estimate of drug-likeness (QED) is 0.476. The minimum Gasteiger partial charge on any atom is -0.467 e. The number of benzene rings is 1. The molecule has 0 aromatic heterocycles. The fourth-order valence-corrected chi connectivity index (χ4v) is 2.04. The molecule has 1 aromatic rings. The van der Waals surface area contributed by atoms with E-state index in [0.717, 1.165) is 0 Å². The van der Waals surface area contributed by atoms with Gasteiger partial charge < -0.3 is 10.1 Å². The highest BCUT2D eigenvalue weighted by atomic mass is 35.5. The smallest absolute Gasteiger partial charge is 0.341 e. The number of carbonyl (C=O) groups is 2. The van der Waals surface area contributed by atoms with Crippen LogP contribution < -0.4 is 5.32 Å². The zero-order valence-electron chi connectivity index (χ0n) is 8.21. The molecule has 1 atom stereocenters. The van der Waals surface area contributed by atoms with Crippen molar-refractivity contribution in [2.75, 3.05) is 12.4 Å². The van der Waals surface area contributed by atoms with Crippen molar-refractivity contribution in [3.63, 3.8) is 0 Å². The van der Waals surface area contributed by atoms with Crippen molar-refractivity contribution in [3.8, 4) is 0 Å². The Hall–Kier alpha value is -1.26. The monoisotopic (exact) mass is 259 g/mol. The standard InChI is InChI=1S/C10H7Cl2NO3/c1-16-9(15)10(12)6-4-5(11)2-3-7(6)13-8(10)14/h2-4H,1H3,(H,13,14). The number of anilines is 1. The maximum absolute atomic E-state index is 11.7. The predicted molar refractivity (Wildman–Crippen MR) is 59.6 cm³/mol. The van der Waals surface area contributed by atoms with Gasteiger partial charge in [-0.1, -0.05) is 23.2 Å². The third-order valence-electron chi connectivity index (χ3n) is 2.38. The van der Waals surface area contributed by atoms with Crippen LogP contribution in [0, 0.1) is 0 Å². The summed E-state index contributed by atoms with van der Waals surface area (Å²) in [5.74, 6) is -1.45. The fraction of sp³-hybridized carbons (Fsp3) is 0.200. The molecule has 1 aliphatic heterocycles. The van der Waals surface area contributed by atoms with Crippen LogP contribution in [-0.2, 0) is 19.2 Å². The third kappa shape index (κ3) is 1.37. The maximum atomic E-state index is 11.7. The van der Waals surface area contributed by atoms with Crippen LogP contribution in [-0.4, -0.2) is 19.0 Å². The summed E-state index contributed by atoms with van der Waals surface area (Å²) in [5, 5.41) is 2.89. The number of carbonyl (C=O) groups excluding carboxylic acids is 2. The number of amides is 1. The van der Waals surface area contributed by atoms with Gasteiger partial charge in [-0.2, -0.15) is 0 Å². The van der Waals surface area contributed by atoms with E-state index in [-0.39, 0.29) is 0 Å². The minimum absolute atomic E-state index is 0.318. The van der Waals surface area contributed by atoms with Crippen molar-refractivity contribution in [2.45, 2.75) is 4.87 Å². The molecule has 1 aromatic carbocycles. The number of alkyl halides is 1. The Morgan fingerprint density at radius 3 is 2.81 bits per heavy atom. The molecule has 1 unspecified atom stereocenters. The van der Waals surface area contributed by atoms with Gasteiger partial charge >= 0.3 is 5.97 Å². The van der Waals surface area contributed by atoms with Crippen LogP contribution in [0.25, 0.3) is 0 Å². The predicted octanol–water partition coefficient (Wildman–Crippen LogP) is 1.90. The molecule has 1 N–H and O–H groups in total. The van der Waals surface area contributed by atoms with E-state index in [1.54, 1.807) is 12.1 Å². The van der Waals surface area contributed by atoms with Crippen LogP contribution in [0.3, 0.4) is 0 Å². The van der Waals surface area contributed by atoms with Gasteiger partial charge in [-0.25, -0.2) is 4.79 Å². The molecule has 84 valence electrons. The number of halogens is 2. The Kier molecular flexibility index (Phi) is 2.56. The zero-order valence-corrected chi connectivity index (χ0v) is 9.72. The number of esters is 1. The van der Waals surface area contributed by atoms with E-state index >= 15 is 0 Å². The molecule has 0 fully saturated rings. The lowest BCUT2D eigenvalue weighted by atomic mass is 10.00. The Balaban J connectivity index is 2.62. The van der Waals surface area contributed by atoms with Crippen LogP contribution in [0.1, 0.15) is 5.56 Å². The SMILES string of the molecule is COC(=O)C1(Cl)C(=O)Nc2ccc(Cl)cc21. The van der Waals surface area contributed by atoms with Crippen molar-refractivity contribution in [2.24, 2.45) is 0 Å². The maximum Gasteiger partial charge on any atom is 0.341 e. The van der Waals surface area contributed by atoms with Gasteiger partial charge in [0.15, 0.2) is 0 Å². The topological polar surface area (TPSA) is 55.4 Å². The van der Waals surface area contributed by atoms with Gasteiger partial charge in [-0.15, -0.1) is 0 Å². The molecular weight excluding hydrogens is 253 g/mol. The molecule has 0 bridgehead atoms. The summed E-state index contributed by atoms with van der Waals surface area (Å²) >= 11 is 11.8. The second kappa shape index (κ2) is 3.64. The number of methoxy groups -OCH3 is 1. The second-order valence-corrected chi connectivity index (χ2v) is 4.30. The van der Waals surface area contributed by atoms with E-state index in [9.17, 15) is 9.59 Å². The zero-order chi connectivity index (χ0) is 11.9. The normalized spacial score (nSPS) is 22.6. The van der Waals surface area contributed by atoms with E-state index in [0.29, 0.717) is 16.3 Å². The minimum atomic E-state index is -1.84. The molecule has 0 saturated heterocycles. The summed E-state index contributed by atoms with van der Waals surface area (Å²) in [6.45, 7) is 0. The first-order valence-electron chi connectivity index (χ1n) is 4.39. The lowest BCUT2D eigenvalue weighted by Crippen LogP contribution is -2.37. The number of hydrogen-bond acceptors (Lipinski definition) is 3. The second-order valence-electron chi connectivity index (χ2n) is 3.29. The van der Waals surface area contributed by atoms with Gasteiger partial charge in [0.05, 0.1) is 7.11 Å². The average molecular weight is 260 g/mol. The highest BCUT2D eigenvalue weighted by molar-refractivity contribution is 6.49. The van der Waals surface area contributed by atoms with Gasteiger partial charge in [0.25, 0.3) is 5.91 Å². The fourth-order valence-electron chi connectivity index (χ4n) is 1.58. The Bertz CT molecular complexity index is 479. The lowest BCUT2D eigenvalue weighted by Gasteiger charge is -2.16. The largest absolute Gasteiger partial charge is 0.467 e. The molecule has 16 heavy (non-hydrogen) atoms. The molecule has 4 nitrogen and oxygen atoms in total. The van der Waals surface area contributed by atoms with Gasteiger partial charge in [0, 0.05) is 16.3 Å². The van der Waals surface area contributed by atoms with Gasteiger partial charge in [-0.3, -0.25) is 4.79 Å². The summed E-state index contributed by atoms with van der Waals surface area (Å²) < 4.78 is 4.53. The number of fused-ring (bicyclic) bond motifs is 1. The van der Waals surface area contributed by atoms with Crippen LogP contribution in [0.5, 0.6) is 0 Å². The van der Waals surface area contributed by atoms with E-state index in [2.05, 4.69) is 10.1 Å². The Morgan fingerprint density at radius 2 is 2.19 bits per heavy atom. The molecule has 0 radical (unpaired) electrons. The van der Waals surface area contributed by atoms with Crippen LogP contribution in [0.4, 0.5) is 5.69 Å². The van der Waals surface area contributed by atoms with Crippen molar-refractivity contribution in [1.29, 1.82) is 0 Å². The highest BCUT2D eigenvalue weighted by Crippen LogP contribution is 2.43. The summed E-state index contributed by atoms with van der Waals surface area (Å²) in [5.41, 5.74) is 0.785. The Morgan fingerprint density at radius 1 is 1.50 bits per heavy atom. The molecule has 0 saturated carbocycles. The van der Waals surface area contributed by atoms with Crippen molar-refractivity contribution in [1.82, 2.24) is 0 Å². The molecule has 1 heterocycles. The van der Waals surface area contributed by atoms with E-state index in [4.69, 9.17) is 23.2 Å². The van der Waals surface area contributed by atoms with Crippen molar-refractivity contribution >= 4 is 40.8 Å². The Labute approximate surface area is 101 Å². The highest BCUT2D eigenvalue weighted by Gasteiger charge is 2.53. The molecule has 0 aliphatic carbocycles.